The average molecular weight is 782 g/mol. The predicted molar refractivity (Wildman–Crippen MR) is 190 cm³/mol. The Bertz CT molecular complexity index is 1450. The van der Waals surface area contributed by atoms with E-state index in [0.717, 1.165) is 17.7 Å². The van der Waals surface area contributed by atoms with E-state index in [9.17, 15) is 24.0 Å². The Morgan fingerprint density at radius 3 is 1.94 bits per heavy atom. The van der Waals surface area contributed by atoms with Gasteiger partial charge in [-0.15, -0.1) is 0 Å². The van der Waals surface area contributed by atoms with Gasteiger partial charge in [0.2, 0.25) is 23.6 Å². The molecule has 17 heteroatoms. The van der Waals surface area contributed by atoms with Crippen molar-refractivity contribution in [1.29, 1.82) is 0 Å². The van der Waals surface area contributed by atoms with Crippen molar-refractivity contribution in [3.63, 3.8) is 0 Å². The Kier molecular flexibility index (Phi) is 20.1. The number of anilines is 1. The number of carbonyl (C=O) groups excluding carboxylic acids is 6. The van der Waals surface area contributed by atoms with E-state index in [2.05, 4.69) is 36.9 Å². The summed E-state index contributed by atoms with van der Waals surface area (Å²) in [5.74, 6) is -3.23. The predicted octanol–water partition coefficient (Wildman–Crippen LogP) is -0.0890. The first-order valence-corrected chi connectivity index (χ1v) is 16.3. The van der Waals surface area contributed by atoms with E-state index in [4.69, 9.17) is 22.0 Å². The number of carbonyl (C=O) groups is 5. The van der Waals surface area contributed by atoms with Crippen LogP contribution >= 0.6 is 0 Å². The number of nitrogens with two attached hydrogens (primary N) is 3. The van der Waals surface area contributed by atoms with Gasteiger partial charge in [-0.05, 0) is 49.8 Å². The SMILES string of the molecule is CCC(NC(=O)C(CCCN=C(N)N)NC(=O)C(Cc1ccccc1)NC(=O)C1(NC(C)=O)CCN(c2ccccc2)CC1)C([NH-])=O.N[C-]=O.[Y+3]. The number of hydrogen-bond donors (Lipinski definition) is 7. The van der Waals surface area contributed by atoms with Crippen LogP contribution < -0.4 is 43.4 Å². The molecule has 16 nitrogen and oxygen atoms in total. The van der Waals surface area contributed by atoms with Crippen LogP contribution in [0.4, 0.5) is 5.69 Å². The minimum Gasteiger partial charge on any atom is -0.666 e. The maximum Gasteiger partial charge on any atom is 3.00 e. The van der Waals surface area contributed by atoms with Crippen LogP contribution in [0.2, 0.25) is 0 Å². The summed E-state index contributed by atoms with van der Waals surface area (Å²) < 4.78 is 0. The molecule has 0 bridgehead atoms. The summed E-state index contributed by atoms with van der Waals surface area (Å²) in [5, 5.41) is 11.0. The van der Waals surface area contributed by atoms with Crippen LogP contribution in [0, 0.1) is 0 Å². The average Bonchev–Trinajstić information content (AvgIpc) is 3.09. The van der Waals surface area contributed by atoms with Crippen molar-refractivity contribution in [2.45, 2.75) is 76.0 Å². The number of aliphatic imine (C=N–C) groups is 1. The maximum absolute atomic E-state index is 14.1. The Balaban J connectivity index is 0.00000313. The van der Waals surface area contributed by atoms with Gasteiger partial charge < -0.3 is 58.7 Å². The molecular formula is C34H48N10O6Y+. The fourth-order valence-corrected chi connectivity index (χ4v) is 5.56. The smallest absolute Gasteiger partial charge is 0.666 e. The van der Waals surface area contributed by atoms with Gasteiger partial charge in [-0.25, -0.2) is 0 Å². The molecule has 3 atom stereocenters. The van der Waals surface area contributed by atoms with Gasteiger partial charge in [0.1, 0.15) is 17.6 Å². The Hall–Kier alpha value is -4.57. The molecule has 3 rings (SSSR count). The van der Waals surface area contributed by atoms with Crippen LogP contribution in [0.1, 0.15) is 51.5 Å². The molecule has 1 heterocycles. The molecular weight excluding hydrogens is 733 g/mol. The number of hydrogen-bond acceptors (Lipinski definition) is 8. The van der Waals surface area contributed by atoms with E-state index in [1.165, 1.54) is 6.92 Å². The number of amides is 6. The third-order valence-corrected chi connectivity index (χ3v) is 8.11. The summed E-state index contributed by atoms with van der Waals surface area (Å²) in [7, 11) is 0. The molecule has 0 radical (unpaired) electrons. The Morgan fingerprint density at radius 1 is 0.902 bits per heavy atom. The molecule has 11 N–H and O–H groups in total. The topological polar surface area (TPSA) is 268 Å². The van der Waals surface area contributed by atoms with Gasteiger partial charge in [-0.2, -0.15) is 6.41 Å². The van der Waals surface area contributed by atoms with Crippen molar-refractivity contribution in [1.82, 2.24) is 21.3 Å². The molecule has 1 aliphatic rings. The van der Waals surface area contributed by atoms with Gasteiger partial charge >= 0.3 is 32.7 Å². The third-order valence-electron chi connectivity index (χ3n) is 8.11. The molecule has 2 aromatic rings. The monoisotopic (exact) mass is 781 g/mol. The second-order valence-electron chi connectivity index (χ2n) is 11.8. The number of guanidine groups is 1. The molecule has 0 aliphatic carbocycles. The number of primary amides is 1. The number of rotatable bonds is 16. The van der Waals surface area contributed by atoms with Gasteiger partial charge in [0.15, 0.2) is 5.96 Å². The maximum atomic E-state index is 14.1. The summed E-state index contributed by atoms with van der Waals surface area (Å²) in [6.07, 6.45) is 2.36. The van der Waals surface area contributed by atoms with Gasteiger partial charge in [0.05, 0.1) is 11.9 Å². The summed E-state index contributed by atoms with van der Waals surface area (Å²) in [6, 6.07) is 15.6. The quantitative estimate of drug-likeness (QED) is 0.0394. The molecule has 3 unspecified atom stereocenters. The van der Waals surface area contributed by atoms with Crippen molar-refractivity contribution in [2.75, 3.05) is 24.5 Å². The van der Waals surface area contributed by atoms with Crippen LogP contribution in [0.25, 0.3) is 5.73 Å². The molecule has 0 spiro atoms. The number of nitrogens with zero attached hydrogens (tertiary/aromatic N) is 2. The minimum absolute atomic E-state index is 0. The molecule has 6 amide bonds. The summed E-state index contributed by atoms with van der Waals surface area (Å²) in [6.45, 7) is 4.20. The Morgan fingerprint density at radius 2 is 1.43 bits per heavy atom. The van der Waals surface area contributed by atoms with E-state index in [0.29, 0.717) is 32.4 Å². The van der Waals surface area contributed by atoms with Gasteiger partial charge in [0, 0.05) is 38.7 Å². The second-order valence-corrected chi connectivity index (χ2v) is 11.8. The minimum atomic E-state index is -1.26. The van der Waals surface area contributed by atoms with Crippen LogP contribution in [0.15, 0.2) is 65.7 Å². The first-order valence-electron chi connectivity index (χ1n) is 16.3. The van der Waals surface area contributed by atoms with Crippen molar-refractivity contribution >= 4 is 47.6 Å². The first kappa shape index (κ1) is 44.5. The van der Waals surface area contributed by atoms with Crippen LogP contribution in [0.3, 0.4) is 0 Å². The first-order chi connectivity index (χ1) is 23.8. The molecule has 1 fully saturated rings. The zero-order chi connectivity index (χ0) is 37.1. The normalized spacial score (nSPS) is 14.7. The summed E-state index contributed by atoms with van der Waals surface area (Å²) in [5.41, 5.74) is 22.8. The number of benzene rings is 2. The molecule has 272 valence electrons. The fourth-order valence-electron chi connectivity index (χ4n) is 5.56. The van der Waals surface area contributed by atoms with Gasteiger partial charge in [-0.3, -0.25) is 24.2 Å². The largest absolute Gasteiger partial charge is 3.00 e. The van der Waals surface area contributed by atoms with Crippen molar-refractivity contribution in [3.05, 3.63) is 72.0 Å². The number of nitrogens with one attached hydrogen (secondary N) is 5. The molecule has 0 aromatic heterocycles. The second kappa shape index (κ2) is 23.0. The van der Waals surface area contributed by atoms with E-state index < -0.39 is 47.3 Å². The van der Waals surface area contributed by atoms with E-state index in [1.54, 1.807) is 6.92 Å². The third kappa shape index (κ3) is 15.1. The fraction of sp³-hybridized carbons (Fsp3) is 0.441. The van der Waals surface area contributed by atoms with Gasteiger partial charge in [0.25, 0.3) is 0 Å². The standard InChI is InChI=1S/C33H47N9O5.CH2NO.Y/c1-3-25(28(34)44)38-29(45)26(15-10-18-37-32(35)36)39-30(46)27(21-23-11-6-4-7-12-23)40-31(47)33(41-22(2)43)16-19-42(20-17-33)24-13-8-5-9-14-24;2-1-3;/h4-9,11-14,25-27H,3,10,15-21H2,1-2H3,(H10,34,35,36,37,38,39,40,41,43,44,45,46,47);(H2,2,3);/q;-1;+3/p-1. The van der Waals surface area contributed by atoms with Crippen LogP contribution in [0.5, 0.6) is 0 Å². The molecule has 1 saturated heterocycles. The van der Waals surface area contributed by atoms with Crippen LogP contribution in [-0.2, 0) is 67.9 Å². The summed E-state index contributed by atoms with van der Waals surface area (Å²) >= 11 is 0. The van der Waals surface area contributed by atoms with Crippen LogP contribution in [-0.4, -0.2) is 85.2 Å². The number of piperidine rings is 1. The Labute approximate surface area is 323 Å². The number of para-hydroxylation sites is 1. The van der Waals surface area contributed by atoms with Gasteiger partial charge in [-0.1, -0.05) is 55.5 Å². The van der Waals surface area contributed by atoms with E-state index in [1.807, 2.05) is 60.7 Å². The zero-order valence-electron chi connectivity index (χ0n) is 29.0. The molecule has 1 aliphatic heterocycles. The van der Waals surface area contributed by atoms with Crippen molar-refractivity contribution < 1.29 is 61.5 Å². The van der Waals surface area contributed by atoms with Crippen molar-refractivity contribution in [3.8, 4) is 0 Å². The summed E-state index contributed by atoms with van der Waals surface area (Å²) in [4.78, 5) is 79.8. The van der Waals surface area contributed by atoms with E-state index in [-0.39, 0.29) is 70.4 Å². The van der Waals surface area contributed by atoms with Crippen molar-refractivity contribution in [2.24, 2.45) is 22.2 Å². The molecule has 2 aromatic carbocycles. The molecule has 0 saturated carbocycles. The van der Waals surface area contributed by atoms with E-state index >= 15 is 0 Å². The molecule has 51 heavy (non-hydrogen) atoms. The zero-order valence-corrected chi connectivity index (χ0v) is 31.9.